The van der Waals surface area contributed by atoms with E-state index in [1.54, 1.807) is 6.07 Å². The standard InChI is InChI=1S/C20H21N3O2.CH2O/c21-20(25)16-5-6-18-15(9-16)7-8-23(18)12-13-1-3-14(4-2-13)17-10-19(24)22-11-17;1-2/h1-6,9,17H,7-8,10-12H2,(H2,21,25)(H,22,24);1H2. The van der Waals surface area contributed by atoms with Crippen molar-refractivity contribution in [3.8, 4) is 0 Å². The summed E-state index contributed by atoms with van der Waals surface area (Å²) in [5.74, 6) is 0.0519. The molecule has 2 aromatic rings. The fraction of sp³-hybridized carbons (Fsp3) is 0.286. The molecule has 0 spiro atoms. The summed E-state index contributed by atoms with van der Waals surface area (Å²) in [5.41, 5.74) is 10.8. The molecule has 1 fully saturated rings. The van der Waals surface area contributed by atoms with E-state index in [1.165, 1.54) is 22.4 Å². The van der Waals surface area contributed by atoms with Crippen LogP contribution in [0.25, 0.3) is 0 Å². The first kappa shape index (κ1) is 18.6. The third-order valence-electron chi connectivity index (χ3n) is 5.16. The Morgan fingerprint density at radius 1 is 1.19 bits per heavy atom. The van der Waals surface area contributed by atoms with E-state index < -0.39 is 0 Å². The second-order valence-electron chi connectivity index (χ2n) is 6.83. The third-order valence-corrected chi connectivity index (χ3v) is 5.16. The van der Waals surface area contributed by atoms with Gasteiger partial charge in [-0.25, -0.2) is 0 Å². The van der Waals surface area contributed by atoms with Gasteiger partial charge in [0.2, 0.25) is 11.8 Å². The number of carbonyl (C=O) groups is 3. The topological polar surface area (TPSA) is 92.5 Å². The Bertz CT molecular complexity index is 848. The fourth-order valence-electron chi connectivity index (χ4n) is 3.74. The van der Waals surface area contributed by atoms with Crippen molar-refractivity contribution in [1.82, 2.24) is 5.32 Å². The maximum absolute atomic E-state index is 11.4. The first-order valence-electron chi connectivity index (χ1n) is 8.92. The Balaban J connectivity index is 0.00000102. The molecule has 140 valence electrons. The van der Waals surface area contributed by atoms with E-state index in [0.717, 1.165) is 26.1 Å². The number of carbonyl (C=O) groups excluding carboxylic acids is 3. The van der Waals surface area contributed by atoms with E-state index in [1.807, 2.05) is 18.9 Å². The molecule has 3 N–H and O–H groups in total. The first-order valence-corrected chi connectivity index (χ1v) is 8.92. The van der Waals surface area contributed by atoms with Crippen molar-refractivity contribution in [3.63, 3.8) is 0 Å². The molecule has 0 saturated carbocycles. The number of anilines is 1. The Labute approximate surface area is 158 Å². The molecule has 2 heterocycles. The summed E-state index contributed by atoms with van der Waals surface area (Å²) in [6.07, 6.45) is 1.52. The lowest BCUT2D eigenvalue weighted by Crippen LogP contribution is -2.19. The third kappa shape index (κ3) is 4.00. The lowest BCUT2D eigenvalue weighted by Gasteiger charge is -2.20. The summed E-state index contributed by atoms with van der Waals surface area (Å²) >= 11 is 0. The maximum Gasteiger partial charge on any atom is 0.248 e. The van der Waals surface area contributed by atoms with Gasteiger partial charge >= 0.3 is 0 Å². The number of hydrogen-bond donors (Lipinski definition) is 2. The predicted octanol–water partition coefficient (Wildman–Crippen LogP) is 1.77. The van der Waals surface area contributed by atoms with Gasteiger partial charge in [0.1, 0.15) is 6.79 Å². The van der Waals surface area contributed by atoms with Crippen LogP contribution in [-0.4, -0.2) is 31.7 Å². The number of rotatable bonds is 4. The normalized spacial score (nSPS) is 17.7. The molecular weight excluding hydrogens is 342 g/mol. The van der Waals surface area contributed by atoms with Crippen LogP contribution in [0.2, 0.25) is 0 Å². The smallest absolute Gasteiger partial charge is 0.248 e. The van der Waals surface area contributed by atoms with E-state index in [0.29, 0.717) is 17.9 Å². The zero-order valence-corrected chi connectivity index (χ0v) is 15.1. The molecule has 0 aliphatic carbocycles. The van der Waals surface area contributed by atoms with E-state index in [9.17, 15) is 9.59 Å². The lowest BCUT2D eigenvalue weighted by atomic mass is 9.97. The molecule has 6 heteroatoms. The van der Waals surface area contributed by atoms with Gasteiger partial charge in [-0.2, -0.15) is 0 Å². The van der Waals surface area contributed by atoms with Crippen molar-refractivity contribution in [3.05, 3.63) is 64.7 Å². The summed E-state index contributed by atoms with van der Waals surface area (Å²) < 4.78 is 0. The monoisotopic (exact) mass is 365 g/mol. The van der Waals surface area contributed by atoms with Crippen molar-refractivity contribution in [2.24, 2.45) is 5.73 Å². The van der Waals surface area contributed by atoms with E-state index in [4.69, 9.17) is 10.5 Å². The molecule has 2 amide bonds. The molecular formula is C21H23N3O3. The van der Waals surface area contributed by atoms with Crippen molar-refractivity contribution in [1.29, 1.82) is 0 Å². The summed E-state index contributed by atoms with van der Waals surface area (Å²) in [5, 5.41) is 2.88. The van der Waals surface area contributed by atoms with Gasteiger partial charge in [0.05, 0.1) is 0 Å². The SMILES string of the molecule is C=O.NC(=O)c1ccc2c(c1)CCN2Cc1ccc(C2CNC(=O)C2)cc1. The zero-order valence-electron chi connectivity index (χ0n) is 15.1. The molecule has 27 heavy (non-hydrogen) atoms. The van der Waals surface area contributed by atoms with E-state index in [-0.39, 0.29) is 11.8 Å². The number of hydrogen-bond acceptors (Lipinski definition) is 4. The van der Waals surface area contributed by atoms with Crippen molar-refractivity contribution >= 4 is 24.3 Å². The number of benzene rings is 2. The van der Waals surface area contributed by atoms with Gasteiger partial charge < -0.3 is 20.7 Å². The highest BCUT2D eigenvalue weighted by Crippen LogP contribution is 2.30. The Hall–Kier alpha value is -3.15. The maximum atomic E-state index is 11.4. The molecule has 1 atom stereocenters. The average molecular weight is 365 g/mol. The van der Waals surface area contributed by atoms with Crippen LogP contribution in [0, 0.1) is 0 Å². The van der Waals surface area contributed by atoms with Crippen molar-refractivity contribution in [2.45, 2.75) is 25.3 Å². The van der Waals surface area contributed by atoms with Gasteiger partial charge in [-0.15, -0.1) is 0 Å². The number of primary amides is 1. The van der Waals surface area contributed by atoms with Gasteiger partial charge in [-0.1, -0.05) is 24.3 Å². The number of nitrogens with one attached hydrogen (secondary N) is 1. The average Bonchev–Trinajstić information content (AvgIpc) is 3.30. The van der Waals surface area contributed by atoms with Gasteiger partial charge in [0.25, 0.3) is 0 Å². The van der Waals surface area contributed by atoms with Crippen molar-refractivity contribution in [2.75, 3.05) is 18.0 Å². The summed E-state index contributed by atoms with van der Waals surface area (Å²) in [6, 6.07) is 14.3. The summed E-state index contributed by atoms with van der Waals surface area (Å²) in [6.45, 7) is 4.52. The second-order valence-corrected chi connectivity index (χ2v) is 6.83. The molecule has 2 aliphatic rings. The number of nitrogens with two attached hydrogens (primary N) is 1. The first-order chi connectivity index (χ1) is 13.1. The van der Waals surface area contributed by atoms with Crippen molar-refractivity contribution < 1.29 is 14.4 Å². The second kappa shape index (κ2) is 8.03. The minimum Gasteiger partial charge on any atom is -0.367 e. The molecule has 0 aromatic heterocycles. The van der Waals surface area contributed by atoms with Crippen LogP contribution in [-0.2, 0) is 22.6 Å². The Kier molecular flexibility index (Phi) is 5.54. The summed E-state index contributed by atoms with van der Waals surface area (Å²) in [4.78, 5) is 33.0. The van der Waals surface area contributed by atoms with Gasteiger partial charge in [0, 0.05) is 43.2 Å². The van der Waals surface area contributed by atoms with Gasteiger partial charge in [-0.05, 0) is 41.3 Å². The quantitative estimate of drug-likeness (QED) is 0.864. The van der Waals surface area contributed by atoms with Gasteiger partial charge in [-0.3, -0.25) is 9.59 Å². The highest BCUT2D eigenvalue weighted by Gasteiger charge is 2.23. The molecule has 6 nitrogen and oxygen atoms in total. The molecule has 0 radical (unpaired) electrons. The van der Waals surface area contributed by atoms with Crippen LogP contribution in [0.5, 0.6) is 0 Å². The molecule has 2 aromatic carbocycles. The van der Waals surface area contributed by atoms with Crippen LogP contribution in [0.1, 0.15) is 39.4 Å². The van der Waals surface area contributed by atoms with Crippen LogP contribution in [0.3, 0.4) is 0 Å². The highest BCUT2D eigenvalue weighted by molar-refractivity contribution is 5.93. The molecule has 1 saturated heterocycles. The van der Waals surface area contributed by atoms with Crippen LogP contribution in [0.15, 0.2) is 42.5 Å². The van der Waals surface area contributed by atoms with E-state index >= 15 is 0 Å². The highest BCUT2D eigenvalue weighted by atomic mass is 16.2. The number of fused-ring (bicyclic) bond motifs is 1. The van der Waals surface area contributed by atoms with E-state index in [2.05, 4.69) is 34.5 Å². The Morgan fingerprint density at radius 2 is 1.93 bits per heavy atom. The zero-order chi connectivity index (χ0) is 19.4. The molecule has 4 rings (SSSR count). The largest absolute Gasteiger partial charge is 0.367 e. The van der Waals surface area contributed by atoms with Crippen LogP contribution in [0.4, 0.5) is 5.69 Å². The lowest BCUT2D eigenvalue weighted by molar-refractivity contribution is -0.119. The molecule has 1 unspecified atom stereocenters. The fourth-order valence-corrected chi connectivity index (χ4v) is 3.74. The van der Waals surface area contributed by atoms with Crippen LogP contribution >= 0.6 is 0 Å². The predicted molar refractivity (Wildman–Crippen MR) is 104 cm³/mol. The minimum atomic E-state index is -0.378. The van der Waals surface area contributed by atoms with Gasteiger partial charge in [0.15, 0.2) is 0 Å². The van der Waals surface area contributed by atoms with Crippen LogP contribution < -0.4 is 16.0 Å². The summed E-state index contributed by atoms with van der Waals surface area (Å²) in [7, 11) is 0. The number of amides is 2. The molecule has 2 aliphatic heterocycles. The number of nitrogens with zero attached hydrogens (tertiary/aromatic N) is 1. The minimum absolute atomic E-state index is 0.137. The Morgan fingerprint density at radius 3 is 2.56 bits per heavy atom. The molecule has 0 bridgehead atoms.